The molecule has 1 rings (SSSR count). The van der Waals surface area contributed by atoms with E-state index in [1.165, 1.54) is 12.8 Å². The molecule has 0 aromatic heterocycles. The fourth-order valence-corrected chi connectivity index (χ4v) is 2.21. The van der Waals surface area contributed by atoms with Crippen LogP contribution in [0.15, 0.2) is 0 Å². The molecule has 0 spiro atoms. The van der Waals surface area contributed by atoms with Gasteiger partial charge in [-0.05, 0) is 31.6 Å². The van der Waals surface area contributed by atoms with Crippen LogP contribution in [0.4, 0.5) is 0 Å². The molecule has 2 atom stereocenters. The lowest BCUT2D eigenvalue weighted by Gasteiger charge is -2.35. The number of hydrogen-bond donors (Lipinski definition) is 1. The molecule has 0 radical (unpaired) electrons. The Morgan fingerprint density at radius 3 is 2.80 bits per heavy atom. The highest BCUT2D eigenvalue weighted by molar-refractivity contribution is 5.80. The standard InChI is InChI=1S/C12H20N2O/c1-9(8-13)11(15)14-10-5-4-6-12(2,3)7-10/h9-10H,4-7H2,1-3H3,(H,14,15). The van der Waals surface area contributed by atoms with E-state index >= 15 is 0 Å². The van der Waals surface area contributed by atoms with Crippen LogP contribution in [0.1, 0.15) is 46.5 Å². The predicted octanol–water partition coefficient (Wildman–Crippen LogP) is 2.23. The Morgan fingerprint density at radius 2 is 2.27 bits per heavy atom. The lowest BCUT2D eigenvalue weighted by Crippen LogP contribution is -2.42. The number of carbonyl (C=O) groups is 1. The smallest absolute Gasteiger partial charge is 0.237 e. The average Bonchev–Trinajstić information content (AvgIpc) is 2.14. The molecule has 1 N–H and O–H groups in total. The minimum Gasteiger partial charge on any atom is -0.352 e. The van der Waals surface area contributed by atoms with E-state index in [-0.39, 0.29) is 11.9 Å². The second-order valence-electron chi connectivity index (χ2n) is 5.32. The van der Waals surface area contributed by atoms with Crippen molar-refractivity contribution < 1.29 is 4.79 Å². The van der Waals surface area contributed by atoms with Crippen LogP contribution in [0.3, 0.4) is 0 Å². The first-order valence-corrected chi connectivity index (χ1v) is 5.64. The normalized spacial score (nSPS) is 26.4. The third-order valence-corrected chi connectivity index (χ3v) is 3.14. The first-order valence-electron chi connectivity index (χ1n) is 5.64. The van der Waals surface area contributed by atoms with Crippen LogP contribution in [0.2, 0.25) is 0 Å². The van der Waals surface area contributed by atoms with E-state index in [0.29, 0.717) is 5.41 Å². The van der Waals surface area contributed by atoms with Crippen LogP contribution in [0.25, 0.3) is 0 Å². The first-order chi connectivity index (χ1) is 6.94. The fourth-order valence-electron chi connectivity index (χ4n) is 2.21. The Bertz CT molecular complexity index is 278. The van der Waals surface area contributed by atoms with Gasteiger partial charge in [-0.1, -0.05) is 20.3 Å². The summed E-state index contributed by atoms with van der Waals surface area (Å²) in [7, 11) is 0. The molecule has 0 aromatic rings. The maximum atomic E-state index is 11.5. The van der Waals surface area contributed by atoms with E-state index in [2.05, 4.69) is 19.2 Å². The van der Waals surface area contributed by atoms with Crippen molar-refractivity contribution in [1.29, 1.82) is 5.26 Å². The summed E-state index contributed by atoms with van der Waals surface area (Å²) in [6, 6.07) is 2.22. The van der Waals surface area contributed by atoms with Crippen molar-refractivity contribution in [2.45, 2.75) is 52.5 Å². The zero-order valence-corrected chi connectivity index (χ0v) is 9.84. The second kappa shape index (κ2) is 4.65. The molecule has 0 bridgehead atoms. The maximum Gasteiger partial charge on any atom is 0.237 e. The van der Waals surface area contributed by atoms with Crippen LogP contribution in [0.5, 0.6) is 0 Å². The Hall–Kier alpha value is -1.04. The highest BCUT2D eigenvalue weighted by Crippen LogP contribution is 2.35. The molecule has 1 fully saturated rings. The van der Waals surface area contributed by atoms with E-state index in [1.807, 2.05) is 6.07 Å². The summed E-state index contributed by atoms with van der Waals surface area (Å²) in [5, 5.41) is 11.6. The van der Waals surface area contributed by atoms with Crippen LogP contribution >= 0.6 is 0 Å². The van der Waals surface area contributed by atoms with Gasteiger partial charge in [0.1, 0.15) is 5.92 Å². The van der Waals surface area contributed by atoms with Crippen LogP contribution in [0, 0.1) is 22.7 Å². The predicted molar refractivity (Wildman–Crippen MR) is 59.0 cm³/mol. The SMILES string of the molecule is CC(C#N)C(=O)NC1CCCC(C)(C)C1. The van der Waals surface area contributed by atoms with Gasteiger partial charge in [-0.3, -0.25) is 4.79 Å². The zero-order chi connectivity index (χ0) is 11.5. The third kappa shape index (κ3) is 3.54. The van der Waals surface area contributed by atoms with Gasteiger partial charge in [0.05, 0.1) is 6.07 Å². The van der Waals surface area contributed by atoms with Gasteiger partial charge < -0.3 is 5.32 Å². The van der Waals surface area contributed by atoms with Crippen molar-refractivity contribution in [2.24, 2.45) is 11.3 Å². The minimum atomic E-state index is -0.532. The summed E-state index contributed by atoms with van der Waals surface area (Å²) in [5.74, 6) is -0.657. The van der Waals surface area contributed by atoms with E-state index < -0.39 is 5.92 Å². The van der Waals surface area contributed by atoms with E-state index in [1.54, 1.807) is 6.92 Å². The quantitative estimate of drug-likeness (QED) is 0.756. The van der Waals surface area contributed by atoms with Gasteiger partial charge in [0.15, 0.2) is 0 Å². The van der Waals surface area contributed by atoms with Crippen molar-refractivity contribution >= 4 is 5.91 Å². The highest BCUT2D eigenvalue weighted by Gasteiger charge is 2.29. The van der Waals surface area contributed by atoms with Crippen molar-refractivity contribution in [3.8, 4) is 6.07 Å². The fraction of sp³-hybridized carbons (Fsp3) is 0.833. The Kier molecular flexibility index (Phi) is 3.73. The van der Waals surface area contributed by atoms with E-state index in [0.717, 1.165) is 12.8 Å². The van der Waals surface area contributed by atoms with Crippen molar-refractivity contribution in [2.75, 3.05) is 0 Å². The number of carbonyl (C=O) groups excluding carboxylic acids is 1. The van der Waals surface area contributed by atoms with Crippen LogP contribution in [-0.4, -0.2) is 11.9 Å². The van der Waals surface area contributed by atoms with Gasteiger partial charge in [0, 0.05) is 6.04 Å². The molecule has 1 saturated carbocycles. The van der Waals surface area contributed by atoms with Gasteiger partial charge in [-0.2, -0.15) is 5.26 Å². The third-order valence-electron chi connectivity index (χ3n) is 3.14. The van der Waals surface area contributed by atoms with Crippen molar-refractivity contribution in [3.05, 3.63) is 0 Å². The molecule has 0 aromatic carbocycles. The summed E-state index contributed by atoms with van der Waals surface area (Å²) in [6.07, 6.45) is 4.47. The summed E-state index contributed by atoms with van der Waals surface area (Å²) < 4.78 is 0. The monoisotopic (exact) mass is 208 g/mol. The first kappa shape index (κ1) is 12.0. The van der Waals surface area contributed by atoms with Gasteiger partial charge >= 0.3 is 0 Å². The number of hydrogen-bond acceptors (Lipinski definition) is 2. The Balaban J connectivity index is 2.46. The summed E-state index contributed by atoms with van der Waals surface area (Å²) in [5.41, 5.74) is 0.325. The molecular weight excluding hydrogens is 188 g/mol. The summed E-state index contributed by atoms with van der Waals surface area (Å²) in [6.45, 7) is 6.11. The largest absolute Gasteiger partial charge is 0.352 e. The van der Waals surface area contributed by atoms with Crippen LogP contribution < -0.4 is 5.32 Å². The maximum absolute atomic E-state index is 11.5. The van der Waals surface area contributed by atoms with Gasteiger partial charge in [0.2, 0.25) is 5.91 Å². The molecule has 2 unspecified atom stereocenters. The zero-order valence-electron chi connectivity index (χ0n) is 9.84. The molecule has 3 heteroatoms. The molecule has 1 amide bonds. The minimum absolute atomic E-state index is 0.125. The van der Waals surface area contributed by atoms with E-state index in [4.69, 9.17) is 5.26 Å². The van der Waals surface area contributed by atoms with Crippen LogP contribution in [-0.2, 0) is 4.79 Å². The lowest BCUT2D eigenvalue weighted by molar-refractivity contribution is -0.124. The highest BCUT2D eigenvalue weighted by atomic mass is 16.1. The number of nitrogens with zero attached hydrogens (tertiary/aromatic N) is 1. The average molecular weight is 208 g/mol. The number of nitriles is 1. The number of amides is 1. The van der Waals surface area contributed by atoms with Gasteiger partial charge in [-0.25, -0.2) is 0 Å². The lowest BCUT2D eigenvalue weighted by atomic mass is 9.75. The molecule has 84 valence electrons. The topological polar surface area (TPSA) is 52.9 Å². The molecule has 15 heavy (non-hydrogen) atoms. The van der Waals surface area contributed by atoms with E-state index in [9.17, 15) is 4.79 Å². The summed E-state index contributed by atoms with van der Waals surface area (Å²) in [4.78, 5) is 11.5. The number of nitrogens with one attached hydrogen (secondary N) is 1. The second-order valence-corrected chi connectivity index (χ2v) is 5.32. The Labute approximate surface area is 91.9 Å². The number of rotatable bonds is 2. The van der Waals surface area contributed by atoms with Crippen molar-refractivity contribution in [3.63, 3.8) is 0 Å². The molecular formula is C12H20N2O. The molecule has 0 saturated heterocycles. The molecule has 0 heterocycles. The Morgan fingerprint density at radius 1 is 1.60 bits per heavy atom. The molecule has 1 aliphatic carbocycles. The van der Waals surface area contributed by atoms with Crippen molar-refractivity contribution in [1.82, 2.24) is 5.32 Å². The molecule has 1 aliphatic rings. The molecule has 3 nitrogen and oxygen atoms in total. The summed E-state index contributed by atoms with van der Waals surface area (Å²) >= 11 is 0. The van der Waals surface area contributed by atoms with Gasteiger partial charge in [-0.15, -0.1) is 0 Å². The van der Waals surface area contributed by atoms with Gasteiger partial charge in [0.25, 0.3) is 0 Å². The molecule has 0 aliphatic heterocycles.